The van der Waals surface area contributed by atoms with Gasteiger partial charge in [-0.2, -0.15) is 11.1 Å². The lowest BCUT2D eigenvalue weighted by molar-refractivity contribution is 0.641. The molecule has 0 nitrogen and oxygen atoms in total. The highest BCUT2D eigenvalue weighted by molar-refractivity contribution is 7.07. The fourth-order valence-corrected chi connectivity index (χ4v) is 1.13. The van der Waals surface area contributed by atoms with Gasteiger partial charge in [-0.1, -0.05) is 33.7 Å². The molecule has 0 unspecified atom stereocenters. The van der Waals surface area contributed by atoms with E-state index in [0.29, 0.717) is 5.04 Å². The molecule has 2 heteroatoms. The van der Waals surface area contributed by atoms with E-state index in [2.05, 4.69) is 27.3 Å². The molecule has 0 saturated heterocycles. The maximum absolute atomic E-state index is 5.97. The molecule has 0 spiro atoms. The standard InChI is InChI=1S/C6H14ClSi/c1-5-6(2,3)8(4)7/h5H2,1-4H3. The molecular formula is C6H14ClSi. The maximum Gasteiger partial charge on any atom is 0.168 e. The summed E-state index contributed by atoms with van der Waals surface area (Å²) < 4.78 is 0. The Morgan fingerprint density at radius 1 is 1.50 bits per heavy atom. The second kappa shape index (κ2) is 2.88. The Kier molecular flexibility index (Phi) is 3.06. The van der Waals surface area contributed by atoms with Gasteiger partial charge in [0.2, 0.25) is 0 Å². The van der Waals surface area contributed by atoms with Crippen LogP contribution < -0.4 is 0 Å². The molecule has 49 valence electrons. The predicted molar refractivity (Wildman–Crippen MR) is 41.8 cm³/mol. The van der Waals surface area contributed by atoms with Gasteiger partial charge in [0.1, 0.15) is 0 Å². The third-order valence-electron chi connectivity index (χ3n) is 1.82. The van der Waals surface area contributed by atoms with E-state index in [1.165, 1.54) is 6.42 Å². The van der Waals surface area contributed by atoms with Crippen molar-refractivity contribution in [1.29, 1.82) is 0 Å². The van der Waals surface area contributed by atoms with Gasteiger partial charge in [0.15, 0.2) is 8.11 Å². The fourth-order valence-electron chi connectivity index (χ4n) is 0.244. The number of halogens is 1. The summed E-state index contributed by atoms with van der Waals surface area (Å²) in [6.07, 6.45) is 1.20. The first-order valence-electron chi connectivity index (χ1n) is 3.00. The minimum Gasteiger partial charge on any atom is -0.169 e. The summed E-state index contributed by atoms with van der Waals surface area (Å²) in [6, 6.07) is 0. The van der Waals surface area contributed by atoms with Gasteiger partial charge >= 0.3 is 0 Å². The molecule has 0 aromatic carbocycles. The van der Waals surface area contributed by atoms with Gasteiger partial charge in [0, 0.05) is 0 Å². The van der Waals surface area contributed by atoms with Gasteiger partial charge in [-0.05, 0) is 5.04 Å². The Morgan fingerprint density at radius 3 is 1.88 bits per heavy atom. The molecule has 0 aliphatic heterocycles. The van der Waals surface area contributed by atoms with Crippen LogP contribution in [0.3, 0.4) is 0 Å². The lowest BCUT2D eigenvalue weighted by Gasteiger charge is -2.23. The van der Waals surface area contributed by atoms with Crippen LogP contribution in [0.5, 0.6) is 0 Å². The summed E-state index contributed by atoms with van der Waals surface area (Å²) in [5, 5.41) is 0.409. The third kappa shape index (κ3) is 2.18. The average Bonchev–Trinajstić information content (AvgIpc) is 1.67. The van der Waals surface area contributed by atoms with E-state index in [-0.39, 0.29) is 0 Å². The van der Waals surface area contributed by atoms with Gasteiger partial charge < -0.3 is 0 Å². The van der Waals surface area contributed by atoms with Gasteiger partial charge in [-0.15, -0.1) is 0 Å². The first-order chi connectivity index (χ1) is 3.50. The molecule has 0 fully saturated rings. The number of hydrogen-bond donors (Lipinski definition) is 0. The summed E-state index contributed by atoms with van der Waals surface area (Å²) in [4.78, 5) is 0. The van der Waals surface area contributed by atoms with Gasteiger partial charge in [0.25, 0.3) is 0 Å². The molecular weight excluding hydrogens is 136 g/mol. The lowest BCUT2D eigenvalue weighted by Crippen LogP contribution is -2.17. The molecule has 8 heavy (non-hydrogen) atoms. The summed E-state index contributed by atoms with van der Waals surface area (Å²) in [6.45, 7) is 8.80. The van der Waals surface area contributed by atoms with Crippen LogP contribution in [-0.2, 0) is 0 Å². The molecule has 0 heterocycles. The predicted octanol–water partition coefficient (Wildman–Crippen LogP) is 3.04. The molecule has 0 saturated carbocycles. The van der Waals surface area contributed by atoms with Crippen LogP contribution in [-0.4, -0.2) is 8.11 Å². The molecule has 0 N–H and O–H groups in total. The molecule has 0 rings (SSSR count). The van der Waals surface area contributed by atoms with E-state index in [9.17, 15) is 0 Å². The van der Waals surface area contributed by atoms with Crippen LogP contribution in [0.1, 0.15) is 27.2 Å². The van der Waals surface area contributed by atoms with Crippen LogP contribution in [0.4, 0.5) is 0 Å². The van der Waals surface area contributed by atoms with Crippen LogP contribution in [0.2, 0.25) is 11.6 Å². The number of rotatable bonds is 2. The quantitative estimate of drug-likeness (QED) is 0.418. The Bertz CT molecular complexity index is 68.9. The highest BCUT2D eigenvalue weighted by Gasteiger charge is 2.23. The molecule has 1 radical (unpaired) electrons. The van der Waals surface area contributed by atoms with Crippen molar-refractivity contribution >= 4 is 19.2 Å². The SMILES string of the molecule is CCC(C)(C)[Si](C)Cl. The second-order valence-corrected chi connectivity index (χ2v) is 6.89. The van der Waals surface area contributed by atoms with E-state index in [1.54, 1.807) is 0 Å². The van der Waals surface area contributed by atoms with Crippen LogP contribution in [0.25, 0.3) is 0 Å². The smallest absolute Gasteiger partial charge is 0.168 e. The minimum absolute atomic E-state index is 0.409. The van der Waals surface area contributed by atoms with Crippen molar-refractivity contribution in [1.82, 2.24) is 0 Å². The topological polar surface area (TPSA) is 0 Å². The molecule has 0 amide bonds. The monoisotopic (exact) mass is 149 g/mol. The highest BCUT2D eigenvalue weighted by Crippen LogP contribution is 2.33. The van der Waals surface area contributed by atoms with Crippen LogP contribution in [0.15, 0.2) is 0 Å². The van der Waals surface area contributed by atoms with Crippen molar-refractivity contribution in [3.63, 3.8) is 0 Å². The molecule has 0 aromatic rings. The Balaban J connectivity index is 3.71. The highest BCUT2D eigenvalue weighted by atomic mass is 35.6. The van der Waals surface area contributed by atoms with Crippen molar-refractivity contribution in [2.24, 2.45) is 0 Å². The van der Waals surface area contributed by atoms with Crippen LogP contribution >= 0.6 is 11.1 Å². The van der Waals surface area contributed by atoms with E-state index in [4.69, 9.17) is 11.1 Å². The van der Waals surface area contributed by atoms with Gasteiger partial charge in [-0.3, -0.25) is 0 Å². The average molecular weight is 150 g/mol. The lowest BCUT2D eigenvalue weighted by atomic mass is 10.1. The van der Waals surface area contributed by atoms with Gasteiger partial charge in [-0.25, -0.2) is 0 Å². The molecule has 0 aromatic heterocycles. The summed E-state index contributed by atoms with van der Waals surface area (Å²) in [5.41, 5.74) is 0. The Hall–Kier alpha value is 0.507. The first-order valence-corrected chi connectivity index (χ1v) is 6.01. The van der Waals surface area contributed by atoms with Crippen molar-refractivity contribution in [3.05, 3.63) is 0 Å². The van der Waals surface area contributed by atoms with Gasteiger partial charge in [0.05, 0.1) is 0 Å². The summed E-state index contributed by atoms with van der Waals surface area (Å²) >= 11 is 5.97. The van der Waals surface area contributed by atoms with E-state index < -0.39 is 8.11 Å². The van der Waals surface area contributed by atoms with E-state index in [0.717, 1.165) is 0 Å². The minimum atomic E-state index is -0.590. The Morgan fingerprint density at radius 2 is 1.88 bits per heavy atom. The molecule has 0 aliphatic rings. The molecule has 0 aliphatic carbocycles. The zero-order valence-electron chi connectivity index (χ0n) is 6.09. The Labute approximate surface area is 58.6 Å². The van der Waals surface area contributed by atoms with Crippen molar-refractivity contribution in [2.75, 3.05) is 0 Å². The zero-order chi connectivity index (χ0) is 6.78. The molecule has 0 atom stereocenters. The van der Waals surface area contributed by atoms with Crippen molar-refractivity contribution in [2.45, 2.75) is 38.8 Å². The largest absolute Gasteiger partial charge is 0.169 e. The number of hydrogen-bond acceptors (Lipinski definition) is 0. The zero-order valence-corrected chi connectivity index (χ0v) is 7.84. The molecule has 0 bridgehead atoms. The normalized spacial score (nSPS) is 12.8. The third-order valence-corrected chi connectivity index (χ3v) is 5.57. The fraction of sp³-hybridized carbons (Fsp3) is 1.00. The van der Waals surface area contributed by atoms with Crippen LogP contribution in [0, 0.1) is 0 Å². The van der Waals surface area contributed by atoms with E-state index >= 15 is 0 Å². The van der Waals surface area contributed by atoms with Crippen molar-refractivity contribution in [3.8, 4) is 0 Å². The summed E-state index contributed by atoms with van der Waals surface area (Å²) in [7, 11) is -0.590. The van der Waals surface area contributed by atoms with E-state index in [1.807, 2.05) is 0 Å². The maximum atomic E-state index is 5.97. The first kappa shape index (κ1) is 8.51. The second-order valence-electron chi connectivity index (χ2n) is 2.77. The summed E-state index contributed by atoms with van der Waals surface area (Å²) in [5.74, 6) is 0. The van der Waals surface area contributed by atoms with Crippen molar-refractivity contribution < 1.29 is 0 Å².